The van der Waals surface area contributed by atoms with Gasteiger partial charge < -0.3 is 19.8 Å². The second-order valence-corrected chi connectivity index (χ2v) is 12.8. The first-order valence-electron chi connectivity index (χ1n) is 17.4. The van der Waals surface area contributed by atoms with E-state index < -0.39 is 12.1 Å². The molecular formula is C42H34N8O4. The number of imidazole rings is 2. The minimum absolute atomic E-state index is 0.0656. The number of aromatic nitrogens is 6. The van der Waals surface area contributed by atoms with E-state index in [1.54, 1.807) is 46.3 Å². The molecule has 8 rings (SSSR count). The molecule has 4 heterocycles. The maximum Gasteiger partial charge on any atom is 0.282 e. The summed E-state index contributed by atoms with van der Waals surface area (Å²) in [5.74, 6) is 0.202. The van der Waals surface area contributed by atoms with E-state index >= 15 is 0 Å². The number of carbonyl (C=O) groups is 2. The molecule has 4 aliphatic rings. The van der Waals surface area contributed by atoms with Crippen molar-refractivity contribution in [1.82, 2.24) is 38.9 Å². The molecule has 4 aliphatic heterocycles. The summed E-state index contributed by atoms with van der Waals surface area (Å²) >= 11 is 0. The predicted molar refractivity (Wildman–Crippen MR) is 204 cm³/mol. The maximum absolute atomic E-state index is 13.8. The molecule has 2 amide bonds. The average molecular weight is 715 g/mol. The Morgan fingerprint density at radius 2 is 0.852 bits per heavy atom. The first-order chi connectivity index (χ1) is 26.4. The van der Waals surface area contributed by atoms with Crippen LogP contribution in [0.1, 0.15) is 23.2 Å². The Labute approximate surface area is 309 Å². The van der Waals surface area contributed by atoms with Crippen LogP contribution in [-0.4, -0.2) is 40.1 Å². The zero-order chi connectivity index (χ0) is 37.0. The van der Waals surface area contributed by atoms with Gasteiger partial charge in [-0.3, -0.25) is 28.3 Å². The fourth-order valence-corrected chi connectivity index (χ4v) is 6.60. The molecular weight excluding hydrogens is 681 g/mol. The lowest BCUT2D eigenvalue weighted by atomic mass is 9.93. The molecule has 266 valence electrons. The number of carbonyl (C=O) groups excluding carboxylic acids is 2. The van der Waals surface area contributed by atoms with Gasteiger partial charge in [0.1, 0.15) is 24.5 Å². The summed E-state index contributed by atoms with van der Waals surface area (Å²) in [4.78, 5) is 62.9. The molecule has 0 aliphatic carbocycles. The first-order valence-corrected chi connectivity index (χ1v) is 17.4. The van der Waals surface area contributed by atoms with Crippen molar-refractivity contribution in [3.05, 3.63) is 190 Å². The molecule has 2 atom stereocenters. The highest BCUT2D eigenvalue weighted by Gasteiger charge is 2.29. The van der Waals surface area contributed by atoms with Crippen molar-refractivity contribution in [3.63, 3.8) is 0 Å². The Bertz CT molecular complexity index is 2410. The summed E-state index contributed by atoms with van der Waals surface area (Å²) < 4.78 is 6.25. The molecule has 0 saturated carbocycles. The van der Waals surface area contributed by atoms with E-state index in [0.717, 1.165) is 11.1 Å². The second-order valence-electron chi connectivity index (χ2n) is 12.8. The Kier molecular flexibility index (Phi) is 9.21. The summed E-state index contributed by atoms with van der Waals surface area (Å²) in [7, 11) is 0. The van der Waals surface area contributed by atoms with Crippen molar-refractivity contribution >= 4 is 11.8 Å². The first kappa shape index (κ1) is 33.8. The fraction of sp³-hybridized carbons (Fsp3) is 0.0952. The standard InChI is InChI=1S/C42H34N8O4/c51-35(27-47-21-23-49-33(25-47)43-39(41(49)53)31-17-9-3-10-18-31)45-37(29-13-5-1-6-14-29)38(30-15-7-2-8-16-30)46-36(52)28-48-22-24-50-34(26-48)44-40(42(50)54)32-19-11-4-12-20-32/h1-26,37-38H,27-28H2,(H,45,51)(H,46,52)/t37-,38+. The molecule has 54 heavy (non-hydrogen) atoms. The lowest BCUT2D eigenvalue weighted by Gasteiger charge is -2.30. The molecule has 0 bridgehead atoms. The van der Waals surface area contributed by atoms with Gasteiger partial charge in [0.2, 0.25) is 11.8 Å². The number of nitrogens with one attached hydrogen (secondary N) is 2. The molecule has 4 aromatic rings. The van der Waals surface area contributed by atoms with Crippen molar-refractivity contribution < 1.29 is 9.59 Å². The van der Waals surface area contributed by atoms with Gasteiger partial charge in [-0.05, 0) is 11.1 Å². The van der Waals surface area contributed by atoms with Crippen LogP contribution >= 0.6 is 0 Å². The fourth-order valence-electron chi connectivity index (χ4n) is 6.60. The van der Waals surface area contributed by atoms with Gasteiger partial charge in [-0.25, -0.2) is 9.97 Å². The number of fused-ring (bicyclic) bond motifs is 2. The molecule has 12 nitrogen and oxygen atoms in total. The number of amides is 2. The highest BCUT2D eigenvalue weighted by Crippen LogP contribution is 2.29. The summed E-state index contributed by atoms with van der Waals surface area (Å²) in [6.07, 6.45) is 9.84. The number of hydrogen-bond acceptors (Lipinski definition) is 6. The third-order valence-corrected chi connectivity index (χ3v) is 9.20. The van der Waals surface area contributed by atoms with Crippen molar-refractivity contribution in [2.24, 2.45) is 0 Å². The van der Waals surface area contributed by atoms with Gasteiger partial charge in [0, 0.05) is 48.3 Å². The Morgan fingerprint density at radius 1 is 0.500 bits per heavy atom. The zero-order valence-corrected chi connectivity index (χ0v) is 28.9. The summed E-state index contributed by atoms with van der Waals surface area (Å²) in [5, 5.41) is 6.34. The average Bonchev–Trinajstić information content (AvgIpc) is 3.72. The van der Waals surface area contributed by atoms with Gasteiger partial charge in [-0.2, -0.15) is 0 Å². The van der Waals surface area contributed by atoms with E-state index in [-0.39, 0.29) is 36.0 Å². The van der Waals surface area contributed by atoms with Gasteiger partial charge in [-0.15, -0.1) is 0 Å². The molecule has 0 fully saturated rings. The molecule has 0 saturated heterocycles. The molecule has 4 aromatic carbocycles. The van der Waals surface area contributed by atoms with E-state index in [1.165, 1.54) is 9.13 Å². The van der Waals surface area contributed by atoms with Crippen LogP contribution in [0, 0.1) is 0 Å². The van der Waals surface area contributed by atoms with Gasteiger partial charge in [0.05, 0.1) is 12.1 Å². The quantitative estimate of drug-likeness (QED) is 0.193. The Morgan fingerprint density at radius 3 is 1.22 bits per heavy atom. The normalized spacial score (nSPS) is 12.4. The second kappa shape index (κ2) is 14.7. The van der Waals surface area contributed by atoms with Crippen molar-refractivity contribution in [2.75, 3.05) is 0 Å². The van der Waals surface area contributed by atoms with Crippen LogP contribution in [0.5, 0.6) is 0 Å². The van der Waals surface area contributed by atoms with Crippen LogP contribution in [0.3, 0.4) is 0 Å². The summed E-state index contributed by atoms with van der Waals surface area (Å²) in [6, 6.07) is 36.1. The Balaban J connectivity index is 1.05. The van der Waals surface area contributed by atoms with E-state index in [2.05, 4.69) is 20.6 Å². The summed E-state index contributed by atoms with van der Waals surface area (Å²) in [5.41, 5.74) is 3.19. The molecule has 0 radical (unpaired) electrons. The third-order valence-electron chi connectivity index (χ3n) is 9.20. The topological polar surface area (TPSA) is 138 Å². The lowest BCUT2D eigenvalue weighted by Crippen LogP contribution is -2.42. The maximum atomic E-state index is 13.8. The number of rotatable bonds is 11. The van der Waals surface area contributed by atoms with Crippen LogP contribution < -0.4 is 21.8 Å². The molecule has 0 unspecified atom stereocenters. The van der Waals surface area contributed by atoms with Crippen LogP contribution in [0.15, 0.2) is 168 Å². The number of hydrogen-bond donors (Lipinski definition) is 2. The highest BCUT2D eigenvalue weighted by atomic mass is 16.2. The Hall–Kier alpha value is -7.34. The highest BCUT2D eigenvalue weighted by molar-refractivity contribution is 5.78. The minimum atomic E-state index is -0.657. The van der Waals surface area contributed by atoms with E-state index in [9.17, 15) is 19.2 Å². The SMILES string of the molecule is O=C(Cn1ccn2c(=O)c(-c3ccccc3)nc-2c1)N[C@H](c1ccccc1)[C@@H](NC(=O)Cn1ccn2c(=O)c(-c3ccccc3)nc-2c1)c1ccccc1. The third kappa shape index (κ3) is 6.95. The van der Waals surface area contributed by atoms with Crippen molar-refractivity contribution in [2.45, 2.75) is 25.2 Å². The largest absolute Gasteiger partial charge is 0.345 e. The van der Waals surface area contributed by atoms with Crippen LogP contribution in [-0.2, 0) is 22.7 Å². The van der Waals surface area contributed by atoms with E-state index in [0.29, 0.717) is 34.2 Å². The minimum Gasteiger partial charge on any atom is -0.345 e. The van der Waals surface area contributed by atoms with Crippen molar-refractivity contribution in [3.8, 4) is 34.2 Å². The molecule has 2 N–H and O–H groups in total. The molecule has 0 aromatic heterocycles. The van der Waals surface area contributed by atoms with Crippen LogP contribution in [0.4, 0.5) is 0 Å². The lowest BCUT2D eigenvalue weighted by molar-refractivity contribution is -0.125. The van der Waals surface area contributed by atoms with Gasteiger partial charge in [-0.1, -0.05) is 121 Å². The monoisotopic (exact) mass is 714 g/mol. The van der Waals surface area contributed by atoms with Crippen LogP contribution in [0.25, 0.3) is 34.2 Å². The smallest absolute Gasteiger partial charge is 0.282 e. The van der Waals surface area contributed by atoms with Gasteiger partial charge >= 0.3 is 0 Å². The predicted octanol–water partition coefficient (Wildman–Crippen LogP) is 5.01. The molecule has 0 spiro atoms. The summed E-state index contributed by atoms with van der Waals surface area (Å²) in [6.45, 7) is -0.131. The number of benzene rings is 4. The van der Waals surface area contributed by atoms with E-state index in [4.69, 9.17) is 0 Å². The zero-order valence-electron chi connectivity index (χ0n) is 28.9. The molecule has 12 heteroatoms. The number of nitrogens with zero attached hydrogens (tertiary/aromatic N) is 6. The van der Waals surface area contributed by atoms with E-state index in [1.807, 2.05) is 121 Å². The van der Waals surface area contributed by atoms with Crippen molar-refractivity contribution in [1.29, 1.82) is 0 Å². The van der Waals surface area contributed by atoms with Gasteiger partial charge in [0.25, 0.3) is 11.1 Å². The van der Waals surface area contributed by atoms with Crippen LogP contribution in [0.2, 0.25) is 0 Å². The van der Waals surface area contributed by atoms with Gasteiger partial charge in [0.15, 0.2) is 11.6 Å².